The predicted molar refractivity (Wildman–Crippen MR) is 159 cm³/mol. The number of thiazole rings is 1. The van der Waals surface area contributed by atoms with E-state index in [-0.39, 0.29) is 21.7 Å². The van der Waals surface area contributed by atoms with Crippen LogP contribution in [0, 0.1) is 5.41 Å². The van der Waals surface area contributed by atoms with E-state index < -0.39 is 28.0 Å². The maximum Gasteiger partial charge on any atom is 0.286 e. The Hall–Kier alpha value is -3.50. The van der Waals surface area contributed by atoms with Gasteiger partial charge >= 0.3 is 0 Å². The van der Waals surface area contributed by atoms with Gasteiger partial charge in [0.25, 0.3) is 15.9 Å². The molecule has 0 spiro atoms. The Labute approximate surface area is 238 Å². The number of ether oxygens (including phenoxy) is 1. The Morgan fingerprint density at radius 2 is 1.70 bits per heavy atom. The van der Waals surface area contributed by atoms with Gasteiger partial charge in [0, 0.05) is 16.7 Å². The van der Waals surface area contributed by atoms with E-state index in [1.165, 1.54) is 32.9 Å². The zero-order valence-corrected chi connectivity index (χ0v) is 24.7. The minimum Gasteiger partial charge on any atom is -0.487 e. The van der Waals surface area contributed by atoms with Crippen LogP contribution in [-0.2, 0) is 10.0 Å². The normalized spacial score (nSPS) is 12.5. The zero-order valence-electron chi connectivity index (χ0n) is 23.0. The van der Waals surface area contributed by atoms with Gasteiger partial charge in [-0.1, -0.05) is 88.4 Å². The van der Waals surface area contributed by atoms with Crippen LogP contribution in [0.1, 0.15) is 46.1 Å². The van der Waals surface area contributed by atoms with E-state index in [2.05, 4.69) is 18.6 Å². The van der Waals surface area contributed by atoms with Crippen LogP contribution in [0.25, 0.3) is 21.7 Å². The van der Waals surface area contributed by atoms with Crippen LogP contribution in [0.5, 0.6) is 5.75 Å². The molecule has 4 aromatic rings. The van der Waals surface area contributed by atoms with Gasteiger partial charge in [-0.05, 0) is 47.4 Å². The van der Waals surface area contributed by atoms with Crippen molar-refractivity contribution in [2.75, 3.05) is 17.1 Å². The first-order valence-corrected chi connectivity index (χ1v) is 15.1. The molecule has 0 saturated heterocycles. The van der Waals surface area contributed by atoms with E-state index in [1.54, 1.807) is 30.3 Å². The van der Waals surface area contributed by atoms with Crippen molar-refractivity contribution in [2.45, 2.75) is 51.4 Å². The fourth-order valence-corrected chi connectivity index (χ4v) is 6.20. The molecule has 0 atom stereocenters. The monoisotopic (exact) mass is 585 g/mol. The van der Waals surface area contributed by atoms with Crippen molar-refractivity contribution in [2.24, 2.45) is 5.41 Å². The highest BCUT2D eigenvalue weighted by molar-refractivity contribution is 7.93. The average molecular weight is 586 g/mol. The Morgan fingerprint density at radius 1 is 1.00 bits per heavy atom. The Kier molecular flexibility index (Phi) is 8.23. The van der Waals surface area contributed by atoms with Gasteiger partial charge in [0.2, 0.25) is 0 Å². The molecule has 0 aliphatic carbocycles. The fourth-order valence-electron chi connectivity index (χ4n) is 3.93. The fraction of sp³-hybridized carbons (Fsp3) is 0.300. The molecule has 6 nitrogen and oxygen atoms in total. The number of hydrogen-bond acceptors (Lipinski definition) is 6. The van der Waals surface area contributed by atoms with Gasteiger partial charge in [-0.15, -0.1) is 0 Å². The lowest BCUT2D eigenvalue weighted by atomic mass is 9.88. The van der Waals surface area contributed by atoms with Gasteiger partial charge in [-0.2, -0.15) is 0 Å². The van der Waals surface area contributed by atoms with Crippen molar-refractivity contribution >= 4 is 32.2 Å². The molecular formula is C30H33F2N3O3S2. The molecule has 1 heterocycles. The summed E-state index contributed by atoms with van der Waals surface area (Å²) >= 11 is 1.15. The van der Waals surface area contributed by atoms with Crippen LogP contribution in [-0.4, -0.2) is 25.9 Å². The molecule has 0 unspecified atom stereocenters. The number of nitrogens with zero attached hydrogens (tertiary/aromatic N) is 1. The quantitative estimate of drug-likeness (QED) is 0.194. The molecule has 3 N–H and O–H groups in total. The summed E-state index contributed by atoms with van der Waals surface area (Å²) < 4.78 is 63.5. The molecule has 0 amide bonds. The highest BCUT2D eigenvalue weighted by Gasteiger charge is 2.43. The van der Waals surface area contributed by atoms with E-state index in [0.717, 1.165) is 22.5 Å². The number of anilines is 2. The van der Waals surface area contributed by atoms with Crippen LogP contribution in [0.2, 0.25) is 0 Å². The molecule has 10 heteroatoms. The second kappa shape index (κ2) is 11.2. The molecule has 0 fully saturated rings. The van der Waals surface area contributed by atoms with Gasteiger partial charge in [0.15, 0.2) is 11.7 Å². The van der Waals surface area contributed by atoms with Crippen molar-refractivity contribution in [3.63, 3.8) is 0 Å². The molecule has 0 aliphatic heterocycles. The summed E-state index contributed by atoms with van der Waals surface area (Å²) in [5.74, 6) is -2.59. The van der Waals surface area contributed by atoms with Gasteiger partial charge in [-0.3, -0.25) is 4.72 Å². The van der Waals surface area contributed by atoms with Crippen molar-refractivity contribution in [3.8, 4) is 27.4 Å². The van der Waals surface area contributed by atoms with Crippen LogP contribution >= 0.6 is 11.3 Å². The number of rotatable bonds is 9. The third-order valence-corrected chi connectivity index (χ3v) is 8.95. The first-order valence-electron chi connectivity index (χ1n) is 12.8. The van der Waals surface area contributed by atoms with Gasteiger partial charge in [0.05, 0.1) is 15.5 Å². The number of nitrogen functional groups attached to an aromatic ring is 1. The summed E-state index contributed by atoms with van der Waals surface area (Å²) in [6.45, 7) is 7.77. The molecule has 0 aliphatic rings. The number of sulfonamides is 1. The van der Waals surface area contributed by atoms with Gasteiger partial charge in [-0.25, -0.2) is 22.2 Å². The number of alkyl halides is 2. The molecule has 0 saturated carbocycles. The summed E-state index contributed by atoms with van der Waals surface area (Å²) in [6.07, 6.45) is 0. The number of nitrogens with one attached hydrogen (secondary N) is 1. The zero-order chi connectivity index (χ0) is 29.3. The number of halogens is 2. The summed E-state index contributed by atoms with van der Waals surface area (Å²) in [5, 5.41) is 0.163. The Bertz CT molecular complexity index is 1610. The Balaban J connectivity index is 1.78. The summed E-state index contributed by atoms with van der Waals surface area (Å²) in [6, 6.07) is 20.6. The van der Waals surface area contributed by atoms with E-state index >= 15 is 0 Å². The third-order valence-electron chi connectivity index (χ3n) is 6.47. The molecule has 3 aromatic carbocycles. The highest BCUT2D eigenvalue weighted by atomic mass is 32.2. The van der Waals surface area contributed by atoms with Crippen LogP contribution < -0.4 is 15.2 Å². The first kappa shape index (κ1) is 29.5. The lowest BCUT2D eigenvalue weighted by Crippen LogP contribution is -2.39. The second-order valence-electron chi connectivity index (χ2n) is 10.9. The largest absolute Gasteiger partial charge is 0.487 e. The summed E-state index contributed by atoms with van der Waals surface area (Å²) in [7, 11) is -3.97. The van der Waals surface area contributed by atoms with Crippen molar-refractivity contribution in [3.05, 3.63) is 78.4 Å². The topological polar surface area (TPSA) is 94.3 Å². The van der Waals surface area contributed by atoms with E-state index in [9.17, 15) is 17.2 Å². The maximum absolute atomic E-state index is 14.6. The molecule has 40 heavy (non-hydrogen) atoms. The third kappa shape index (κ3) is 6.45. The molecular weight excluding hydrogens is 552 g/mol. The number of aromatic nitrogens is 1. The second-order valence-corrected chi connectivity index (χ2v) is 13.6. The summed E-state index contributed by atoms with van der Waals surface area (Å²) in [5.41, 5.74) is 8.00. The summed E-state index contributed by atoms with van der Waals surface area (Å²) in [4.78, 5) is 5.41. The van der Waals surface area contributed by atoms with Crippen LogP contribution in [0.4, 0.5) is 19.6 Å². The predicted octanol–water partition coefficient (Wildman–Crippen LogP) is 8.04. The molecule has 0 radical (unpaired) electrons. The van der Waals surface area contributed by atoms with Crippen molar-refractivity contribution in [1.82, 2.24) is 4.98 Å². The smallest absolute Gasteiger partial charge is 0.286 e. The average Bonchev–Trinajstić information content (AvgIpc) is 3.30. The van der Waals surface area contributed by atoms with Crippen molar-refractivity contribution < 1.29 is 21.9 Å². The van der Waals surface area contributed by atoms with Gasteiger partial charge < -0.3 is 10.5 Å². The standard InChI is InChI=1S/C30H33F2N3O3S2/c1-19(2)24-14-6-7-15-25(24)26-27(20-10-8-12-22(16-20)38-18-30(31,32)29(3,4)5)39-28(34-26)35-40(36,37)23-13-9-11-21(33)17-23/h6-17,19H,18,33H2,1-5H3,(H,34,35). The maximum atomic E-state index is 14.6. The van der Waals surface area contributed by atoms with Crippen molar-refractivity contribution in [1.29, 1.82) is 0 Å². The van der Waals surface area contributed by atoms with E-state index in [1.807, 2.05) is 30.3 Å². The van der Waals surface area contributed by atoms with E-state index in [4.69, 9.17) is 15.5 Å². The van der Waals surface area contributed by atoms with E-state index in [0.29, 0.717) is 21.8 Å². The van der Waals surface area contributed by atoms with Crippen LogP contribution in [0.15, 0.2) is 77.7 Å². The number of nitrogens with two attached hydrogens (primary N) is 1. The first-order chi connectivity index (χ1) is 18.7. The lowest BCUT2D eigenvalue weighted by Gasteiger charge is -2.30. The van der Waals surface area contributed by atoms with Gasteiger partial charge in [0.1, 0.15) is 5.75 Å². The lowest BCUT2D eigenvalue weighted by molar-refractivity contribution is -0.123. The number of benzene rings is 3. The number of hydrogen-bond donors (Lipinski definition) is 2. The minimum absolute atomic E-state index is 0.0172. The minimum atomic E-state index is -3.97. The SMILES string of the molecule is CC(C)c1ccccc1-c1nc(NS(=O)(=O)c2cccc(N)c2)sc1-c1cccc(OCC(F)(F)C(C)(C)C)c1. The molecule has 1 aromatic heterocycles. The van der Waals surface area contributed by atoms with Crippen LogP contribution in [0.3, 0.4) is 0 Å². The molecule has 0 bridgehead atoms. The molecule has 4 rings (SSSR count). The molecule has 212 valence electrons. The Morgan fingerprint density at radius 3 is 2.38 bits per heavy atom. The highest BCUT2D eigenvalue weighted by Crippen LogP contribution is 2.43.